The van der Waals surface area contributed by atoms with E-state index in [0.717, 1.165) is 13.8 Å². The first kappa shape index (κ1) is 26.7. The van der Waals surface area contributed by atoms with Crippen molar-refractivity contribution in [2.75, 3.05) is 0 Å². The molecule has 5 rings (SSSR count). The quantitative estimate of drug-likeness (QED) is 0.269. The molecule has 0 amide bonds. The molecule has 0 aromatic heterocycles. The Morgan fingerprint density at radius 1 is 0.794 bits per heavy atom. The average molecular weight is 651 g/mol. The minimum absolute atomic E-state index is 0. The average Bonchev–Trinajstić information content (AvgIpc) is 3.00. The molecule has 10 heteroatoms. The van der Waals surface area contributed by atoms with Gasteiger partial charge >= 0.3 is 33.6 Å². The maximum atomic E-state index is 12.5. The molecule has 0 bridgehead atoms. The number of aromatic hydroxyl groups is 2. The van der Waals surface area contributed by atoms with E-state index in [1.54, 1.807) is 24.3 Å². The zero-order valence-electron chi connectivity index (χ0n) is 18.2. The van der Waals surface area contributed by atoms with Crippen molar-refractivity contribution in [3.63, 3.8) is 0 Å². The third-order valence-electron chi connectivity index (χ3n) is 4.68. The van der Waals surface area contributed by atoms with Gasteiger partial charge in [-0.1, -0.05) is 18.2 Å². The number of aliphatic carboxylic acids is 2. The smallest absolute Gasteiger partial charge is 0.550 e. The van der Waals surface area contributed by atoms with Crippen molar-refractivity contribution >= 4 is 17.9 Å². The molecule has 1 spiro atoms. The van der Waals surface area contributed by atoms with Gasteiger partial charge in [-0.15, -0.1) is 0 Å². The fraction of sp³-hybridized carbons (Fsp3) is 0.125. The Morgan fingerprint density at radius 3 is 1.71 bits per heavy atom. The van der Waals surface area contributed by atoms with Crippen molar-refractivity contribution in [1.82, 2.24) is 0 Å². The fourth-order valence-electron chi connectivity index (χ4n) is 3.65. The van der Waals surface area contributed by atoms with E-state index < -0.39 is 23.5 Å². The molecule has 0 fully saturated rings. The monoisotopic (exact) mass is 652 g/mol. The van der Waals surface area contributed by atoms with Crippen molar-refractivity contribution < 1.29 is 72.0 Å². The van der Waals surface area contributed by atoms with Gasteiger partial charge in [0.2, 0.25) is 0 Å². The summed E-state index contributed by atoms with van der Waals surface area (Å²) in [6, 6.07) is 16.6. The van der Waals surface area contributed by atoms with E-state index in [1.807, 2.05) is 12.1 Å². The Balaban J connectivity index is 0.000000399. The number of carboxylic acids is 2. The van der Waals surface area contributed by atoms with Crippen LogP contribution < -0.4 is 14.9 Å². The first-order valence-electron chi connectivity index (χ1n) is 9.59. The molecule has 2 heterocycles. The van der Waals surface area contributed by atoms with Crippen LogP contribution in [-0.4, -0.2) is 28.1 Å². The van der Waals surface area contributed by atoms with Gasteiger partial charge in [-0.25, -0.2) is 4.79 Å². The summed E-state index contributed by atoms with van der Waals surface area (Å²) in [7, 11) is 0. The van der Waals surface area contributed by atoms with Gasteiger partial charge in [-0.05, 0) is 44.2 Å². The molecule has 2 aliphatic heterocycles. The Labute approximate surface area is 214 Å². The van der Waals surface area contributed by atoms with Crippen LogP contribution in [0.15, 0.2) is 60.7 Å². The maximum absolute atomic E-state index is 12.5. The Kier molecular flexibility index (Phi) is 8.28. The summed E-state index contributed by atoms with van der Waals surface area (Å²) in [4.78, 5) is 30.3. The molecular formula is C24H18HgO9. The summed E-state index contributed by atoms with van der Waals surface area (Å²) >= 11 is 0. The van der Waals surface area contributed by atoms with E-state index in [1.165, 1.54) is 24.3 Å². The zero-order chi connectivity index (χ0) is 24.3. The van der Waals surface area contributed by atoms with Crippen LogP contribution >= 0.6 is 0 Å². The second-order valence-corrected chi connectivity index (χ2v) is 7.06. The van der Waals surface area contributed by atoms with Crippen LogP contribution in [-0.2, 0) is 47.6 Å². The predicted octanol–water partition coefficient (Wildman–Crippen LogP) is 1.18. The predicted molar refractivity (Wildman–Crippen MR) is 109 cm³/mol. The summed E-state index contributed by atoms with van der Waals surface area (Å²) in [6.07, 6.45) is 0. The van der Waals surface area contributed by atoms with Crippen molar-refractivity contribution in [2.45, 2.75) is 19.4 Å². The first-order chi connectivity index (χ1) is 15.6. The molecule has 0 radical (unpaired) electrons. The molecule has 0 unspecified atom stereocenters. The van der Waals surface area contributed by atoms with Gasteiger partial charge in [0.15, 0.2) is 5.60 Å². The van der Waals surface area contributed by atoms with Crippen molar-refractivity contribution in [3.05, 3.63) is 82.9 Å². The number of phenols is 2. The molecule has 0 saturated carbocycles. The number of benzene rings is 3. The number of hydrogen-bond acceptors (Lipinski definition) is 9. The third-order valence-corrected chi connectivity index (χ3v) is 4.68. The van der Waals surface area contributed by atoms with Crippen molar-refractivity contribution in [3.8, 4) is 23.0 Å². The van der Waals surface area contributed by atoms with E-state index in [2.05, 4.69) is 0 Å². The third kappa shape index (κ3) is 5.14. The number of hydrogen-bond donors (Lipinski definition) is 2. The minimum Gasteiger partial charge on any atom is -0.550 e. The summed E-state index contributed by atoms with van der Waals surface area (Å²) in [6.45, 7) is 1.94. The van der Waals surface area contributed by atoms with Crippen LogP contribution in [0, 0.1) is 0 Å². The molecule has 3 aromatic rings. The van der Waals surface area contributed by atoms with Gasteiger partial charge in [0, 0.05) is 40.8 Å². The van der Waals surface area contributed by atoms with Gasteiger partial charge in [-0.3, -0.25) is 0 Å². The van der Waals surface area contributed by atoms with Crippen LogP contribution in [0.1, 0.15) is 40.9 Å². The largest absolute Gasteiger partial charge is 2.00 e. The van der Waals surface area contributed by atoms with Gasteiger partial charge < -0.3 is 39.5 Å². The fourth-order valence-corrected chi connectivity index (χ4v) is 3.65. The zero-order valence-corrected chi connectivity index (χ0v) is 23.7. The second kappa shape index (κ2) is 10.6. The summed E-state index contributed by atoms with van der Waals surface area (Å²) in [5.41, 5.74) is 1.28. The standard InChI is InChI=1S/C20H12O5.2C2H4O2.Hg/c21-11-5-7-15-17(9-11)24-18-10-12(22)6-8-16(18)20(15)14-4-2-1-3-13(14)19(23)25-20;2*1-2(3)4;/h1-10,21-22H;2*1H3,(H,3,4);/q;;;+2/p-2. The molecule has 2 aliphatic rings. The van der Waals surface area contributed by atoms with Gasteiger partial charge in [-0.2, -0.15) is 0 Å². The normalized spacial score (nSPS) is 13.1. The summed E-state index contributed by atoms with van der Waals surface area (Å²) < 4.78 is 11.8. The molecule has 0 atom stereocenters. The van der Waals surface area contributed by atoms with Gasteiger partial charge in [0.1, 0.15) is 23.0 Å². The van der Waals surface area contributed by atoms with E-state index in [0.29, 0.717) is 33.8 Å². The number of ether oxygens (including phenoxy) is 2. The van der Waals surface area contributed by atoms with Crippen molar-refractivity contribution in [2.24, 2.45) is 0 Å². The molecular weight excluding hydrogens is 633 g/mol. The molecule has 9 nitrogen and oxygen atoms in total. The number of carboxylic acid groups (broad SMARTS) is 2. The summed E-state index contributed by atoms with van der Waals surface area (Å²) in [5, 5.41) is 37.4. The van der Waals surface area contributed by atoms with E-state index in [-0.39, 0.29) is 39.2 Å². The molecule has 2 N–H and O–H groups in total. The van der Waals surface area contributed by atoms with E-state index in [4.69, 9.17) is 29.3 Å². The number of esters is 1. The molecule has 0 saturated heterocycles. The number of phenolic OH excluding ortho intramolecular Hbond substituents is 2. The number of carbonyl (C=O) groups is 3. The first-order valence-corrected chi connectivity index (χ1v) is 9.59. The number of rotatable bonds is 0. The number of fused-ring (bicyclic) bond motifs is 6. The number of carbonyl (C=O) groups excluding carboxylic acids is 3. The Bertz CT molecular complexity index is 1180. The topological polar surface area (TPSA) is 156 Å². The molecule has 0 aliphatic carbocycles. The van der Waals surface area contributed by atoms with E-state index >= 15 is 0 Å². The van der Waals surface area contributed by atoms with Crippen LogP contribution in [0.2, 0.25) is 0 Å². The maximum Gasteiger partial charge on any atom is 2.00 e. The minimum atomic E-state index is -1.17. The summed E-state index contributed by atoms with van der Waals surface area (Å²) in [5.74, 6) is -1.76. The molecule has 34 heavy (non-hydrogen) atoms. The van der Waals surface area contributed by atoms with Crippen LogP contribution in [0.5, 0.6) is 23.0 Å². The van der Waals surface area contributed by atoms with Gasteiger partial charge in [0.25, 0.3) is 0 Å². The molecule has 170 valence electrons. The van der Waals surface area contributed by atoms with Crippen molar-refractivity contribution in [1.29, 1.82) is 0 Å². The second-order valence-electron chi connectivity index (χ2n) is 7.06. The van der Waals surface area contributed by atoms with Crippen LogP contribution in [0.4, 0.5) is 0 Å². The molecule has 3 aromatic carbocycles. The van der Waals surface area contributed by atoms with Gasteiger partial charge in [0.05, 0.1) is 5.56 Å². The van der Waals surface area contributed by atoms with Crippen LogP contribution in [0.3, 0.4) is 0 Å². The Morgan fingerprint density at radius 2 is 1.24 bits per heavy atom. The Hall–Kier alpha value is -3.59. The van der Waals surface area contributed by atoms with E-state index in [9.17, 15) is 15.0 Å². The SMILES string of the molecule is CC(=O)[O-].CC(=O)[O-].O=C1OC2(c3ccc(O)cc3Oc3cc(O)ccc32)c2ccccc21.[Hg+2]. The van der Waals surface area contributed by atoms with Crippen LogP contribution in [0.25, 0.3) is 0 Å².